The Balaban J connectivity index is 2.03. The Kier molecular flexibility index (Phi) is 5.02. The number of fused-ring (bicyclic) bond motifs is 1. The fourth-order valence-corrected chi connectivity index (χ4v) is 4.01. The van der Waals surface area contributed by atoms with Gasteiger partial charge in [0.05, 0.1) is 34.7 Å². The minimum Gasteiger partial charge on any atom is -0.305 e. The summed E-state index contributed by atoms with van der Waals surface area (Å²) >= 11 is 0. The van der Waals surface area contributed by atoms with E-state index >= 15 is 0 Å². The van der Waals surface area contributed by atoms with Crippen molar-refractivity contribution in [3.05, 3.63) is 81.1 Å². The van der Waals surface area contributed by atoms with Crippen LogP contribution >= 0.6 is 0 Å². The Morgan fingerprint density at radius 1 is 1.06 bits per heavy atom. The predicted octanol–water partition coefficient (Wildman–Crippen LogP) is 2.17. The zero-order valence-corrected chi connectivity index (χ0v) is 18.0. The monoisotopic (exact) mass is 439 g/mol. The molecule has 10 heteroatoms. The lowest BCUT2D eigenvalue weighted by Crippen LogP contribution is -2.43. The molecule has 31 heavy (non-hydrogen) atoms. The summed E-state index contributed by atoms with van der Waals surface area (Å²) in [7, 11) is -3.83. The summed E-state index contributed by atoms with van der Waals surface area (Å²) in [6, 6.07) is 14.8. The number of para-hydroxylation sites is 1. The maximum absolute atomic E-state index is 13.0. The van der Waals surface area contributed by atoms with Gasteiger partial charge >= 0.3 is 5.69 Å². The number of hydrogen-bond donors (Lipinski definition) is 2. The molecule has 0 fully saturated rings. The number of aromatic nitrogens is 4. The van der Waals surface area contributed by atoms with E-state index in [1.165, 1.54) is 0 Å². The average Bonchev–Trinajstić information content (AvgIpc) is 3.20. The lowest BCUT2D eigenvalue weighted by molar-refractivity contribution is 0.598. The molecule has 0 aliphatic rings. The van der Waals surface area contributed by atoms with E-state index in [4.69, 9.17) is 0 Å². The first-order chi connectivity index (χ1) is 14.7. The van der Waals surface area contributed by atoms with Crippen LogP contribution in [0.25, 0.3) is 27.8 Å². The van der Waals surface area contributed by atoms with Crippen molar-refractivity contribution in [2.24, 2.45) is 0 Å². The Labute approximate surface area is 178 Å². The molecule has 2 heterocycles. The molecular formula is C21H21N5O4S. The van der Waals surface area contributed by atoms with Crippen molar-refractivity contribution in [2.45, 2.75) is 19.8 Å². The highest BCUT2D eigenvalue weighted by Gasteiger charge is 2.18. The molecule has 2 aromatic carbocycles. The SMILES string of the molecule is CC(C)c1cc2[nH]c(=O)n(NS(C)(=O)=O)c(=O)c2cc1-c1ccnn1-c1ccccc1. The molecule has 0 saturated heterocycles. The third-order valence-corrected chi connectivity index (χ3v) is 5.38. The largest absolute Gasteiger partial charge is 0.348 e. The van der Waals surface area contributed by atoms with Crippen LogP contribution in [0.5, 0.6) is 0 Å². The van der Waals surface area contributed by atoms with Crippen LogP contribution in [0.1, 0.15) is 25.3 Å². The van der Waals surface area contributed by atoms with Gasteiger partial charge in [-0.2, -0.15) is 9.77 Å². The van der Waals surface area contributed by atoms with E-state index in [-0.39, 0.29) is 11.3 Å². The van der Waals surface area contributed by atoms with E-state index in [0.717, 1.165) is 28.8 Å². The number of rotatable bonds is 5. The summed E-state index contributed by atoms with van der Waals surface area (Å²) in [5.74, 6) is 0.0820. The Morgan fingerprint density at radius 3 is 2.42 bits per heavy atom. The van der Waals surface area contributed by atoms with Crippen LogP contribution in [-0.2, 0) is 10.0 Å². The summed E-state index contributed by atoms with van der Waals surface area (Å²) < 4.78 is 25.4. The van der Waals surface area contributed by atoms with E-state index in [2.05, 4.69) is 10.1 Å². The highest BCUT2D eigenvalue weighted by molar-refractivity contribution is 7.91. The molecule has 0 spiro atoms. The van der Waals surface area contributed by atoms with Gasteiger partial charge in [-0.15, -0.1) is 0 Å². The summed E-state index contributed by atoms with van der Waals surface area (Å²) in [4.78, 5) is 29.9. The van der Waals surface area contributed by atoms with Gasteiger partial charge in [0.15, 0.2) is 0 Å². The highest BCUT2D eigenvalue weighted by atomic mass is 32.2. The van der Waals surface area contributed by atoms with Crippen molar-refractivity contribution in [3.63, 3.8) is 0 Å². The number of H-pyrrole nitrogens is 1. The van der Waals surface area contributed by atoms with Gasteiger partial charge in [-0.05, 0) is 41.8 Å². The van der Waals surface area contributed by atoms with Crippen LogP contribution in [0.3, 0.4) is 0 Å². The molecule has 4 rings (SSSR count). The standard InChI is InChI=1S/C21H21N5O4S/c1-13(2)15-12-18-17(20(27)26(21(28)23-18)24-31(3,29)30)11-16(15)19-9-10-22-25(19)14-7-5-4-6-8-14/h4-13,24H,1-3H3,(H,23,28). The lowest BCUT2D eigenvalue weighted by Gasteiger charge is -2.16. The number of aromatic amines is 1. The highest BCUT2D eigenvalue weighted by Crippen LogP contribution is 2.32. The number of nitrogens with zero attached hydrogens (tertiary/aromatic N) is 3. The van der Waals surface area contributed by atoms with Crippen molar-refractivity contribution in [1.29, 1.82) is 0 Å². The fourth-order valence-electron chi connectivity index (χ4n) is 3.51. The summed E-state index contributed by atoms with van der Waals surface area (Å²) in [6.07, 6.45) is 2.54. The molecule has 0 saturated carbocycles. The van der Waals surface area contributed by atoms with E-state index in [0.29, 0.717) is 10.2 Å². The van der Waals surface area contributed by atoms with E-state index in [9.17, 15) is 18.0 Å². The number of sulfonamides is 1. The van der Waals surface area contributed by atoms with E-state index in [1.54, 1.807) is 23.0 Å². The third-order valence-electron chi connectivity index (χ3n) is 4.87. The second-order valence-electron chi connectivity index (χ2n) is 7.54. The molecule has 9 nitrogen and oxygen atoms in total. The third kappa shape index (κ3) is 3.89. The molecule has 0 atom stereocenters. The van der Waals surface area contributed by atoms with Crippen LogP contribution in [0, 0.1) is 0 Å². The molecular weight excluding hydrogens is 418 g/mol. The van der Waals surface area contributed by atoms with Crippen LogP contribution in [0.4, 0.5) is 0 Å². The molecule has 0 radical (unpaired) electrons. The second kappa shape index (κ2) is 7.55. The summed E-state index contributed by atoms with van der Waals surface area (Å²) in [5, 5.41) is 4.61. The van der Waals surface area contributed by atoms with Gasteiger partial charge in [-0.3, -0.25) is 4.79 Å². The molecule has 4 aromatic rings. The molecule has 0 aliphatic carbocycles. The first-order valence-corrected chi connectivity index (χ1v) is 11.5. The average molecular weight is 439 g/mol. The molecule has 2 aromatic heterocycles. The molecule has 0 bridgehead atoms. The van der Waals surface area contributed by atoms with E-state index in [1.807, 2.05) is 55.1 Å². The first-order valence-electron chi connectivity index (χ1n) is 9.56. The Morgan fingerprint density at radius 2 is 1.77 bits per heavy atom. The smallest absolute Gasteiger partial charge is 0.305 e. The van der Waals surface area contributed by atoms with Crippen molar-refractivity contribution in [1.82, 2.24) is 19.4 Å². The first kappa shape index (κ1) is 20.6. The van der Waals surface area contributed by atoms with Crippen molar-refractivity contribution >= 4 is 20.9 Å². The maximum Gasteiger partial charge on any atom is 0.348 e. The second-order valence-corrected chi connectivity index (χ2v) is 9.26. The van der Waals surface area contributed by atoms with Gasteiger partial charge < -0.3 is 4.98 Å². The van der Waals surface area contributed by atoms with Crippen molar-refractivity contribution in [2.75, 3.05) is 11.1 Å². The minimum atomic E-state index is -3.83. The minimum absolute atomic E-state index is 0.0820. The topological polar surface area (TPSA) is 119 Å². The number of hydrogen-bond acceptors (Lipinski definition) is 5. The Bertz CT molecular complexity index is 1500. The summed E-state index contributed by atoms with van der Waals surface area (Å²) in [5.41, 5.74) is 2.01. The van der Waals surface area contributed by atoms with Crippen molar-refractivity contribution in [3.8, 4) is 16.9 Å². The van der Waals surface area contributed by atoms with Gasteiger partial charge in [0.1, 0.15) is 0 Å². The maximum atomic E-state index is 13.0. The zero-order valence-electron chi connectivity index (χ0n) is 17.2. The van der Waals surface area contributed by atoms with Crippen LogP contribution in [0.15, 0.2) is 64.3 Å². The normalized spacial score (nSPS) is 11.9. The predicted molar refractivity (Wildman–Crippen MR) is 120 cm³/mol. The number of benzene rings is 2. The van der Waals surface area contributed by atoms with E-state index < -0.39 is 21.3 Å². The van der Waals surface area contributed by atoms with Crippen LogP contribution in [-0.4, -0.2) is 34.1 Å². The van der Waals surface area contributed by atoms with Gasteiger partial charge in [-0.25, -0.2) is 22.7 Å². The molecule has 160 valence electrons. The molecule has 0 amide bonds. The van der Waals surface area contributed by atoms with Gasteiger partial charge in [0.2, 0.25) is 10.0 Å². The van der Waals surface area contributed by atoms with Crippen LogP contribution in [0.2, 0.25) is 0 Å². The quantitative estimate of drug-likeness (QED) is 0.494. The van der Waals surface area contributed by atoms with Gasteiger partial charge in [-0.1, -0.05) is 32.0 Å². The lowest BCUT2D eigenvalue weighted by atomic mass is 9.93. The van der Waals surface area contributed by atoms with Crippen LogP contribution < -0.4 is 16.1 Å². The zero-order chi connectivity index (χ0) is 22.3. The Hall–Kier alpha value is -3.66. The number of nitrogens with one attached hydrogen (secondary N) is 2. The van der Waals surface area contributed by atoms with Crippen molar-refractivity contribution < 1.29 is 8.42 Å². The van der Waals surface area contributed by atoms with Gasteiger partial charge in [0, 0.05) is 5.56 Å². The molecule has 2 N–H and O–H groups in total. The van der Waals surface area contributed by atoms with Gasteiger partial charge in [0.25, 0.3) is 5.56 Å². The molecule has 0 unspecified atom stereocenters. The fraction of sp³-hybridized carbons (Fsp3) is 0.190. The molecule has 0 aliphatic heterocycles. The summed E-state index contributed by atoms with van der Waals surface area (Å²) in [6.45, 7) is 4.02.